The fourth-order valence-electron chi connectivity index (χ4n) is 2.74. The highest BCUT2D eigenvalue weighted by molar-refractivity contribution is 5.94. The molecule has 11 nitrogen and oxygen atoms in total. The number of unbranched alkanes of at least 4 members (excludes halogenated alkanes) is 1. The monoisotopic (exact) mass is 445 g/mol. The van der Waals surface area contributed by atoms with Gasteiger partial charge in [-0.3, -0.25) is 14.4 Å². The summed E-state index contributed by atoms with van der Waals surface area (Å²) >= 11 is 0. The van der Waals surface area contributed by atoms with Crippen molar-refractivity contribution in [3.05, 3.63) is 0 Å². The molecule has 0 heterocycles. The second-order valence-corrected chi connectivity index (χ2v) is 8.07. The second kappa shape index (κ2) is 14.7. The Morgan fingerprint density at radius 3 is 1.94 bits per heavy atom. The molecule has 0 bridgehead atoms. The molecular formula is C20H39N5O6. The number of nitrogens with one attached hydrogen (secondary N) is 3. The molecule has 0 aromatic rings. The SMILES string of the molecule is CCC(C)C(NC(=O)C(N)C(C)C)C(=O)NC(CCCCN)C(=O)NC(CO)C(=O)O. The van der Waals surface area contributed by atoms with E-state index in [0.717, 1.165) is 0 Å². The Kier molecular flexibility index (Phi) is 13.6. The Hall–Kier alpha value is -2.24. The topological polar surface area (TPSA) is 197 Å². The standard InChI is InChI=1S/C20H39N5O6/c1-5-12(4)16(25-18(28)15(22)11(2)3)19(29)23-13(8-6-7-9-21)17(27)24-14(10-26)20(30)31/h11-16,26H,5-10,21-22H2,1-4H3,(H,23,29)(H,24,27)(H,25,28)(H,30,31). The van der Waals surface area contributed by atoms with E-state index in [0.29, 0.717) is 25.8 Å². The zero-order valence-corrected chi connectivity index (χ0v) is 18.9. The van der Waals surface area contributed by atoms with E-state index >= 15 is 0 Å². The van der Waals surface area contributed by atoms with Crippen LogP contribution in [0, 0.1) is 11.8 Å². The number of carboxylic acids is 1. The van der Waals surface area contributed by atoms with E-state index < -0.39 is 54.5 Å². The van der Waals surface area contributed by atoms with Crippen molar-refractivity contribution in [3.63, 3.8) is 0 Å². The second-order valence-electron chi connectivity index (χ2n) is 8.07. The molecule has 0 spiro atoms. The molecule has 9 N–H and O–H groups in total. The number of nitrogens with two attached hydrogens (primary N) is 2. The number of carboxylic acid groups (broad SMARTS) is 1. The Morgan fingerprint density at radius 2 is 1.48 bits per heavy atom. The van der Waals surface area contributed by atoms with Gasteiger partial charge in [0, 0.05) is 0 Å². The number of hydrogen-bond acceptors (Lipinski definition) is 7. The fraction of sp³-hybridized carbons (Fsp3) is 0.800. The Labute approximate surface area is 183 Å². The molecule has 0 aromatic carbocycles. The quantitative estimate of drug-likeness (QED) is 0.150. The minimum Gasteiger partial charge on any atom is -0.480 e. The maximum Gasteiger partial charge on any atom is 0.328 e. The van der Waals surface area contributed by atoms with Gasteiger partial charge in [0.25, 0.3) is 0 Å². The van der Waals surface area contributed by atoms with Gasteiger partial charge in [-0.15, -0.1) is 0 Å². The molecule has 0 radical (unpaired) electrons. The first-order valence-electron chi connectivity index (χ1n) is 10.7. The number of aliphatic carboxylic acids is 1. The summed E-state index contributed by atoms with van der Waals surface area (Å²) in [7, 11) is 0. The van der Waals surface area contributed by atoms with Crippen LogP contribution in [0.1, 0.15) is 53.4 Å². The van der Waals surface area contributed by atoms with Crippen molar-refractivity contribution < 1.29 is 29.4 Å². The molecule has 0 fully saturated rings. The lowest BCUT2D eigenvalue weighted by molar-refractivity contribution is -0.143. The zero-order valence-electron chi connectivity index (χ0n) is 18.9. The lowest BCUT2D eigenvalue weighted by Crippen LogP contribution is -2.59. The summed E-state index contributed by atoms with van der Waals surface area (Å²) in [5, 5.41) is 25.7. The maximum absolute atomic E-state index is 13.0. The van der Waals surface area contributed by atoms with Crippen LogP contribution in [-0.2, 0) is 19.2 Å². The van der Waals surface area contributed by atoms with Gasteiger partial charge in [-0.1, -0.05) is 34.1 Å². The van der Waals surface area contributed by atoms with Crippen LogP contribution >= 0.6 is 0 Å². The normalized spacial score (nSPS) is 16.0. The molecule has 0 aliphatic heterocycles. The van der Waals surface area contributed by atoms with Gasteiger partial charge in [-0.2, -0.15) is 0 Å². The van der Waals surface area contributed by atoms with Crippen molar-refractivity contribution >= 4 is 23.7 Å². The first kappa shape index (κ1) is 28.8. The van der Waals surface area contributed by atoms with Crippen molar-refractivity contribution in [2.24, 2.45) is 23.3 Å². The van der Waals surface area contributed by atoms with Gasteiger partial charge in [0.1, 0.15) is 18.1 Å². The summed E-state index contributed by atoms with van der Waals surface area (Å²) in [5.74, 6) is -3.52. The average molecular weight is 446 g/mol. The van der Waals surface area contributed by atoms with Crippen LogP contribution < -0.4 is 27.4 Å². The highest BCUT2D eigenvalue weighted by Gasteiger charge is 2.32. The Bertz CT molecular complexity index is 601. The molecule has 180 valence electrons. The molecule has 0 aliphatic rings. The van der Waals surface area contributed by atoms with Crippen molar-refractivity contribution in [1.29, 1.82) is 0 Å². The van der Waals surface area contributed by atoms with Gasteiger partial charge in [-0.05, 0) is 37.6 Å². The number of hydrogen-bond donors (Lipinski definition) is 7. The Balaban J connectivity index is 5.47. The van der Waals surface area contributed by atoms with E-state index in [1.807, 2.05) is 6.92 Å². The number of carbonyl (C=O) groups is 4. The van der Waals surface area contributed by atoms with Gasteiger partial charge in [0.15, 0.2) is 0 Å². The van der Waals surface area contributed by atoms with Gasteiger partial charge in [-0.25, -0.2) is 4.79 Å². The van der Waals surface area contributed by atoms with Gasteiger partial charge >= 0.3 is 5.97 Å². The van der Waals surface area contributed by atoms with Crippen LogP contribution in [0.25, 0.3) is 0 Å². The highest BCUT2D eigenvalue weighted by atomic mass is 16.4. The average Bonchev–Trinajstić information content (AvgIpc) is 2.72. The summed E-state index contributed by atoms with van der Waals surface area (Å²) in [6.45, 7) is 6.85. The lowest BCUT2D eigenvalue weighted by Gasteiger charge is -2.28. The third-order valence-electron chi connectivity index (χ3n) is 5.19. The van der Waals surface area contributed by atoms with Gasteiger partial charge in [0.05, 0.1) is 12.6 Å². The minimum absolute atomic E-state index is 0.123. The molecule has 5 atom stereocenters. The molecule has 0 aliphatic carbocycles. The number of carbonyl (C=O) groups excluding carboxylic acids is 3. The molecule has 0 saturated heterocycles. The van der Waals surface area contributed by atoms with Crippen molar-refractivity contribution in [1.82, 2.24) is 16.0 Å². The molecular weight excluding hydrogens is 406 g/mol. The number of rotatable bonds is 15. The van der Waals surface area contributed by atoms with Crippen molar-refractivity contribution in [2.45, 2.75) is 77.5 Å². The first-order valence-corrected chi connectivity index (χ1v) is 10.7. The molecule has 31 heavy (non-hydrogen) atoms. The molecule has 0 aromatic heterocycles. The van der Waals surface area contributed by atoms with Crippen LogP contribution in [0.5, 0.6) is 0 Å². The molecule has 0 saturated carbocycles. The number of aliphatic hydroxyl groups excluding tert-OH is 1. The molecule has 5 unspecified atom stereocenters. The first-order chi connectivity index (χ1) is 14.5. The fourth-order valence-corrected chi connectivity index (χ4v) is 2.74. The lowest BCUT2D eigenvalue weighted by atomic mass is 9.96. The maximum atomic E-state index is 13.0. The molecule has 0 rings (SSSR count). The third-order valence-corrected chi connectivity index (χ3v) is 5.19. The van der Waals surface area contributed by atoms with Crippen LogP contribution in [0.15, 0.2) is 0 Å². The minimum atomic E-state index is -1.49. The third kappa shape index (κ3) is 10.1. The van der Waals surface area contributed by atoms with E-state index in [2.05, 4.69) is 16.0 Å². The summed E-state index contributed by atoms with van der Waals surface area (Å²) in [5.41, 5.74) is 11.4. The van der Waals surface area contributed by atoms with Crippen LogP contribution in [0.2, 0.25) is 0 Å². The van der Waals surface area contributed by atoms with Crippen LogP contribution in [-0.4, -0.2) is 71.2 Å². The predicted molar refractivity (Wildman–Crippen MR) is 116 cm³/mol. The molecule has 3 amide bonds. The van der Waals surface area contributed by atoms with E-state index in [4.69, 9.17) is 21.7 Å². The van der Waals surface area contributed by atoms with Crippen LogP contribution in [0.3, 0.4) is 0 Å². The molecule has 11 heteroatoms. The largest absolute Gasteiger partial charge is 0.480 e. The zero-order chi connectivity index (χ0) is 24.1. The van der Waals surface area contributed by atoms with Gasteiger partial charge < -0.3 is 37.6 Å². The highest BCUT2D eigenvalue weighted by Crippen LogP contribution is 2.11. The summed E-state index contributed by atoms with van der Waals surface area (Å²) < 4.78 is 0. The summed E-state index contributed by atoms with van der Waals surface area (Å²) in [6.07, 6.45) is 1.94. The van der Waals surface area contributed by atoms with Crippen molar-refractivity contribution in [2.75, 3.05) is 13.2 Å². The van der Waals surface area contributed by atoms with E-state index in [9.17, 15) is 19.2 Å². The summed E-state index contributed by atoms with van der Waals surface area (Å²) in [4.78, 5) is 49.1. The Morgan fingerprint density at radius 1 is 0.903 bits per heavy atom. The number of aliphatic hydroxyl groups is 1. The van der Waals surface area contributed by atoms with Crippen LogP contribution in [0.4, 0.5) is 0 Å². The smallest absolute Gasteiger partial charge is 0.328 e. The van der Waals surface area contributed by atoms with Crippen molar-refractivity contribution in [3.8, 4) is 0 Å². The van der Waals surface area contributed by atoms with Gasteiger partial charge in [0.2, 0.25) is 17.7 Å². The van der Waals surface area contributed by atoms with E-state index in [1.54, 1.807) is 20.8 Å². The van der Waals surface area contributed by atoms with E-state index in [-0.39, 0.29) is 18.3 Å². The van der Waals surface area contributed by atoms with E-state index in [1.165, 1.54) is 0 Å². The predicted octanol–water partition coefficient (Wildman–Crippen LogP) is -1.32. The summed E-state index contributed by atoms with van der Waals surface area (Å²) in [6, 6.07) is -4.24. The number of amides is 3.